The fourth-order valence-corrected chi connectivity index (χ4v) is 1.76. The SMILES string of the molecule is Fc1cccc(F)c1COc1cccc(Br)c1. The van der Waals surface area contributed by atoms with Gasteiger partial charge >= 0.3 is 0 Å². The lowest BCUT2D eigenvalue weighted by molar-refractivity contribution is 0.292. The molecule has 0 aromatic heterocycles. The summed E-state index contributed by atoms with van der Waals surface area (Å²) in [5.74, 6) is -0.637. The summed E-state index contributed by atoms with van der Waals surface area (Å²) < 4.78 is 32.8. The number of ether oxygens (including phenoxy) is 1. The van der Waals surface area contributed by atoms with Crippen molar-refractivity contribution in [2.45, 2.75) is 6.61 Å². The van der Waals surface area contributed by atoms with Crippen LogP contribution in [0.25, 0.3) is 0 Å². The lowest BCUT2D eigenvalue weighted by Crippen LogP contribution is -2.01. The monoisotopic (exact) mass is 298 g/mol. The van der Waals surface area contributed by atoms with Crippen LogP contribution >= 0.6 is 15.9 Å². The average Bonchev–Trinajstić information content (AvgIpc) is 2.28. The van der Waals surface area contributed by atoms with Crippen LogP contribution in [0.3, 0.4) is 0 Å². The largest absolute Gasteiger partial charge is 0.489 e. The van der Waals surface area contributed by atoms with Crippen molar-refractivity contribution in [2.75, 3.05) is 0 Å². The van der Waals surface area contributed by atoms with Crippen LogP contribution in [0.4, 0.5) is 8.78 Å². The Balaban J connectivity index is 2.13. The molecule has 0 atom stereocenters. The molecule has 1 nitrogen and oxygen atoms in total. The van der Waals surface area contributed by atoms with Gasteiger partial charge in [-0.25, -0.2) is 8.78 Å². The van der Waals surface area contributed by atoms with Gasteiger partial charge in [0.25, 0.3) is 0 Å². The summed E-state index contributed by atoms with van der Waals surface area (Å²) in [6, 6.07) is 10.8. The molecule has 0 bridgehead atoms. The van der Waals surface area contributed by atoms with E-state index in [4.69, 9.17) is 4.74 Å². The van der Waals surface area contributed by atoms with Crippen LogP contribution in [-0.2, 0) is 6.61 Å². The van der Waals surface area contributed by atoms with E-state index in [1.807, 2.05) is 6.07 Å². The standard InChI is InChI=1S/C13H9BrF2O/c14-9-3-1-4-10(7-9)17-8-11-12(15)5-2-6-13(11)16/h1-7H,8H2. The van der Waals surface area contributed by atoms with Gasteiger partial charge in [-0.2, -0.15) is 0 Å². The Morgan fingerprint density at radius 3 is 2.29 bits per heavy atom. The van der Waals surface area contributed by atoms with Crippen molar-refractivity contribution in [3.63, 3.8) is 0 Å². The van der Waals surface area contributed by atoms with Crippen molar-refractivity contribution >= 4 is 15.9 Å². The number of benzene rings is 2. The molecule has 0 heterocycles. The maximum absolute atomic E-state index is 13.3. The third-order valence-electron chi connectivity index (χ3n) is 2.24. The van der Waals surface area contributed by atoms with E-state index in [0.29, 0.717) is 5.75 Å². The number of hydrogen-bond donors (Lipinski definition) is 0. The Hall–Kier alpha value is -1.42. The van der Waals surface area contributed by atoms with Gasteiger partial charge in [-0.05, 0) is 30.3 Å². The van der Waals surface area contributed by atoms with Crippen molar-refractivity contribution in [3.05, 3.63) is 64.1 Å². The Labute approximate surface area is 106 Å². The molecule has 0 aliphatic carbocycles. The topological polar surface area (TPSA) is 9.23 Å². The van der Waals surface area contributed by atoms with Gasteiger partial charge < -0.3 is 4.74 Å². The molecule has 0 amide bonds. The highest BCUT2D eigenvalue weighted by molar-refractivity contribution is 9.10. The first kappa shape index (κ1) is 12.0. The normalized spacial score (nSPS) is 10.3. The summed E-state index contributed by atoms with van der Waals surface area (Å²) in [5.41, 5.74) is -0.0625. The molecule has 0 spiro atoms. The Morgan fingerprint density at radius 2 is 1.65 bits per heavy atom. The molecular weight excluding hydrogens is 290 g/mol. The van der Waals surface area contributed by atoms with Crippen LogP contribution in [0.5, 0.6) is 5.75 Å². The first-order valence-electron chi connectivity index (χ1n) is 4.98. The smallest absolute Gasteiger partial charge is 0.132 e. The summed E-state index contributed by atoms with van der Waals surface area (Å²) in [7, 11) is 0. The van der Waals surface area contributed by atoms with Gasteiger partial charge in [0.1, 0.15) is 24.0 Å². The van der Waals surface area contributed by atoms with Crippen LogP contribution in [0.2, 0.25) is 0 Å². The Morgan fingerprint density at radius 1 is 1.00 bits per heavy atom. The predicted octanol–water partition coefficient (Wildman–Crippen LogP) is 4.31. The third kappa shape index (κ3) is 3.03. The molecule has 17 heavy (non-hydrogen) atoms. The zero-order chi connectivity index (χ0) is 12.3. The van der Waals surface area contributed by atoms with Crippen LogP contribution in [0, 0.1) is 11.6 Å². The molecule has 0 fully saturated rings. The molecule has 88 valence electrons. The fourth-order valence-electron chi connectivity index (χ4n) is 1.38. The van der Waals surface area contributed by atoms with E-state index in [2.05, 4.69) is 15.9 Å². The minimum atomic E-state index is -0.597. The first-order valence-corrected chi connectivity index (χ1v) is 5.77. The zero-order valence-electron chi connectivity index (χ0n) is 8.79. The molecular formula is C13H9BrF2O. The molecule has 2 rings (SSSR count). The van der Waals surface area contributed by atoms with E-state index in [0.717, 1.165) is 4.47 Å². The molecule has 0 saturated heterocycles. The highest BCUT2D eigenvalue weighted by atomic mass is 79.9. The molecule has 0 saturated carbocycles. The zero-order valence-corrected chi connectivity index (χ0v) is 10.4. The number of halogens is 3. The lowest BCUT2D eigenvalue weighted by Gasteiger charge is -2.08. The van der Waals surface area contributed by atoms with E-state index < -0.39 is 11.6 Å². The number of hydrogen-bond acceptors (Lipinski definition) is 1. The molecule has 0 unspecified atom stereocenters. The second-order valence-electron chi connectivity index (χ2n) is 3.45. The fraction of sp³-hybridized carbons (Fsp3) is 0.0769. The molecule has 4 heteroatoms. The van der Waals surface area contributed by atoms with E-state index >= 15 is 0 Å². The second kappa shape index (κ2) is 5.27. The van der Waals surface area contributed by atoms with Gasteiger partial charge in [0.05, 0.1) is 5.56 Å². The summed E-state index contributed by atoms with van der Waals surface area (Å²) in [6.45, 7) is -0.130. The summed E-state index contributed by atoms with van der Waals surface area (Å²) in [6.07, 6.45) is 0. The predicted molar refractivity (Wildman–Crippen MR) is 64.8 cm³/mol. The molecule has 0 radical (unpaired) electrons. The van der Waals surface area contributed by atoms with Crippen molar-refractivity contribution in [1.29, 1.82) is 0 Å². The van der Waals surface area contributed by atoms with Gasteiger partial charge in [-0.3, -0.25) is 0 Å². The van der Waals surface area contributed by atoms with Crippen molar-refractivity contribution in [3.8, 4) is 5.75 Å². The lowest BCUT2D eigenvalue weighted by atomic mass is 10.2. The van der Waals surface area contributed by atoms with Crippen LogP contribution < -0.4 is 4.74 Å². The van der Waals surface area contributed by atoms with Crippen LogP contribution in [0.15, 0.2) is 46.9 Å². The highest BCUT2D eigenvalue weighted by Crippen LogP contribution is 2.20. The van der Waals surface area contributed by atoms with Gasteiger partial charge in [0, 0.05) is 4.47 Å². The van der Waals surface area contributed by atoms with Gasteiger partial charge in [-0.15, -0.1) is 0 Å². The summed E-state index contributed by atoms with van der Waals surface area (Å²) >= 11 is 3.29. The molecule has 2 aromatic carbocycles. The van der Waals surface area contributed by atoms with Crippen LogP contribution in [0.1, 0.15) is 5.56 Å². The van der Waals surface area contributed by atoms with E-state index in [-0.39, 0.29) is 12.2 Å². The van der Waals surface area contributed by atoms with E-state index in [1.54, 1.807) is 18.2 Å². The molecule has 0 N–H and O–H groups in total. The Kier molecular flexibility index (Phi) is 3.74. The van der Waals surface area contributed by atoms with Crippen molar-refractivity contribution in [2.24, 2.45) is 0 Å². The molecule has 2 aromatic rings. The van der Waals surface area contributed by atoms with E-state index in [9.17, 15) is 8.78 Å². The molecule has 0 aliphatic heterocycles. The van der Waals surface area contributed by atoms with Gasteiger partial charge in [-0.1, -0.05) is 28.1 Å². The van der Waals surface area contributed by atoms with E-state index in [1.165, 1.54) is 18.2 Å². The minimum absolute atomic E-state index is 0.0625. The quantitative estimate of drug-likeness (QED) is 0.820. The molecule has 0 aliphatic rings. The second-order valence-corrected chi connectivity index (χ2v) is 4.36. The van der Waals surface area contributed by atoms with Crippen LogP contribution in [-0.4, -0.2) is 0 Å². The summed E-state index contributed by atoms with van der Waals surface area (Å²) in [5, 5.41) is 0. The third-order valence-corrected chi connectivity index (χ3v) is 2.73. The van der Waals surface area contributed by atoms with Crippen molar-refractivity contribution in [1.82, 2.24) is 0 Å². The Bertz CT molecular complexity index is 508. The maximum Gasteiger partial charge on any atom is 0.132 e. The average molecular weight is 299 g/mol. The first-order chi connectivity index (χ1) is 8.16. The van der Waals surface area contributed by atoms with Gasteiger partial charge in [0.15, 0.2) is 0 Å². The van der Waals surface area contributed by atoms with Gasteiger partial charge in [0.2, 0.25) is 0 Å². The minimum Gasteiger partial charge on any atom is -0.489 e. The highest BCUT2D eigenvalue weighted by Gasteiger charge is 2.08. The number of rotatable bonds is 3. The van der Waals surface area contributed by atoms with Crippen molar-refractivity contribution < 1.29 is 13.5 Å². The maximum atomic E-state index is 13.3. The summed E-state index contributed by atoms with van der Waals surface area (Å²) in [4.78, 5) is 0.